The summed E-state index contributed by atoms with van der Waals surface area (Å²) in [7, 11) is -3.67. The molecule has 0 aromatic heterocycles. The molecule has 0 aliphatic carbocycles. The number of phosphoric acid groups is 1. The first-order chi connectivity index (χ1) is 23.2. The average Bonchev–Trinajstić information content (AvgIpc) is 3.05. The quantitative estimate of drug-likeness (QED) is 0.112. The van der Waals surface area contributed by atoms with E-state index in [0.29, 0.717) is 11.1 Å². The fourth-order valence-electron chi connectivity index (χ4n) is 4.87. The predicted octanol–water partition coefficient (Wildman–Crippen LogP) is 2.68. The van der Waals surface area contributed by atoms with Gasteiger partial charge in [-0.15, -0.1) is 0 Å². The van der Waals surface area contributed by atoms with Crippen molar-refractivity contribution in [3.8, 4) is 0 Å². The van der Waals surface area contributed by atoms with Gasteiger partial charge in [0.15, 0.2) is 17.9 Å². The van der Waals surface area contributed by atoms with Crippen molar-refractivity contribution >= 4 is 37.5 Å². The first-order valence-corrected chi connectivity index (χ1v) is 16.6. The molecule has 0 saturated carbocycles. The number of esters is 3. The second-order valence-electron chi connectivity index (χ2n) is 10.9. The van der Waals surface area contributed by atoms with E-state index >= 15 is 0 Å². The van der Waals surface area contributed by atoms with Crippen LogP contribution in [0, 0.1) is 0 Å². The third-order valence-corrected chi connectivity index (χ3v) is 8.22. The van der Waals surface area contributed by atoms with Crippen LogP contribution >= 0.6 is 7.82 Å². The summed E-state index contributed by atoms with van der Waals surface area (Å²) in [6, 6.07) is 17.3. The molecule has 3 rings (SSSR count). The smallest absolute Gasteiger partial charge is 0.467 e. The van der Waals surface area contributed by atoms with E-state index in [9.17, 15) is 28.5 Å². The molecule has 2 aromatic carbocycles. The van der Waals surface area contributed by atoms with Gasteiger partial charge in [0, 0.05) is 27.7 Å². The number of amides is 2. The maximum absolute atomic E-state index is 14.5. The predicted molar refractivity (Wildman–Crippen MR) is 169 cm³/mol. The molecule has 1 aliphatic rings. The minimum atomic E-state index is -4.77. The van der Waals surface area contributed by atoms with Crippen LogP contribution < -0.4 is 10.6 Å². The number of rotatable bonds is 16. The average molecular weight is 709 g/mol. The Morgan fingerprint density at radius 3 is 1.78 bits per heavy atom. The maximum Gasteiger partial charge on any atom is 0.477 e. The largest absolute Gasteiger partial charge is 0.477 e. The molecule has 1 saturated heterocycles. The number of benzene rings is 2. The van der Waals surface area contributed by atoms with Crippen LogP contribution in [0.25, 0.3) is 0 Å². The van der Waals surface area contributed by atoms with Gasteiger partial charge >= 0.3 is 25.7 Å². The van der Waals surface area contributed by atoms with E-state index in [1.807, 2.05) is 0 Å². The highest BCUT2D eigenvalue weighted by Gasteiger charge is 2.63. The van der Waals surface area contributed by atoms with Crippen LogP contribution in [-0.4, -0.2) is 79.8 Å². The Hall–Kier alpha value is -4.18. The monoisotopic (exact) mass is 708 g/mol. The Balaban J connectivity index is 2.21. The van der Waals surface area contributed by atoms with Gasteiger partial charge in [-0.1, -0.05) is 60.7 Å². The maximum atomic E-state index is 14.5. The van der Waals surface area contributed by atoms with Crippen LogP contribution in [0.4, 0.5) is 0 Å². The SMILES string of the molecule is COC(=O)[C@@H](C)O[C@H]1[C@H](OC(C)=O)[C@@H](COC(C)=O)O[C@H](OP(=O)(OCc2ccccc2)OCc2ccccc2)C1(NC(C)=O)NC(C)=O. The Labute approximate surface area is 283 Å². The summed E-state index contributed by atoms with van der Waals surface area (Å²) in [5, 5.41) is 5.04. The summed E-state index contributed by atoms with van der Waals surface area (Å²) in [5.41, 5.74) is -1.23. The number of methoxy groups -OCH3 is 1. The zero-order valence-electron chi connectivity index (χ0n) is 27.9. The summed E-state index contributed by atoms with van der Waals surface area (Å²) in [6.45, 7) is 4.51. The number of hydrogen-bond acceptors (Lipinski definition) is 14. The zero-order valence-corrected chi connectivity index (χ0v) is 28.8. The van der Waals surface area contributed by atoms with Gasteiger partial charge in [0.1, 0.15) is 18.8 Å². The first-order valence-electron chi connectivity index (χ1n) is 15.1. The van der Waals surface area contributed by atoms with Gasteiger partial charge < -0.3 is 34.3 Å². The van der Waals surface area contributed by atoms with Crippen molar-refractivity contribution in [1.29, 1.82) is 0 Å². The summed E-state index contributed by atoms with van der Waals surface area (Å²) in [4.78, 5) is 62.5. The highest BCUT2D eigenvalue weighted by atomic mass is 31.2. The van der Waals surface area contributed by atoms with Crippen LogP contribution in [-0.2, 0) is 79.0 Å². The highest BCUT2D eigenvalue weighted by Crippen LogP contribution is 2.54. The molecule has 0 unspecified atom stereocenters. The lowest BCUT2D eigenvalue weighted by molar-refractivity contribution is -0.300. The number of carbonyl (C=O) groups is 5. The van der Waals surface area contributed by atoms with Gasteiger partial charge in [-0.25, -0.2) is 9.36 Å². The van der Waals surface area contributed by atoms with Crippen molar-refractivity contribution in [3.05, 3.63) is 71.8 Å². The van der Waals surface area contributed by atoms with E-state index in [0.717, 1.165) is 34.8 Å². The van der Waals surface area contributed by atoms with E-state index in [1.165, 1.54) is 6.92 Å². The normalized spacial score (nSPS) is 20.7. The summed E-state index contributed by atoms with van der Waals surface area (Å²) in [5.74, 6) is -4.09. The highest BCUT2D eigenvalue weighted by molar-refractivity contribution is 7.48. The Kier molecular flexibility index (Phi) is 14.4. The van der Waals surface area contributed by atoms with Crippen LogP contribution in [0.15, 0.2) is 60.7 Å². The molecule has 2 amide bonds. The van der Waals surface area contributed by atoms with Gasteiger partial charge in [-0.05, 0) is 18.1 Å². The minimum absolute atomic E-state index is 0.279. The van der Waals surface area contributed by atoms with E-state index in [2.05, 4.69) is 10.6 Å². The van der Waals surface area contributed by atoms with Crippen molar-refractivity contribution in [2.45, 2.75) is 84.2 Å². The van der Waals surface area contributed by atoms with Gasteiger partial charge in [0.05, 0.1) is 20.3 Å². The van der Waals surface area contributed by atoms with Crippen molar-refractivity contribution in [2.75, 3.05) is 13.7 Å². The van der Waals surface area contributed by atoms with Crippen molar-refractivity contribution in [3.63, 3.8) is 0 Å². The molecule has 0 spiro atoms. The van der Waals surface area contributed by atoms with Crippen molar-refractivity contribution in [1.82, 2.24) is 10.6 Å². The van der Waals surface area contributed by atoms with Crippen LogP contribution in [0.5, 0.6) is 0 Å². The van der Waals surface area contributed by atoms with Gasteiger partial charge in [0.2, 0.25) is 18.1 Å². The number of ether oxygens (including phenoxy) is 5. The lowest BCUT2D eigenvalue weighted by atomic mass is 9.89. The molecule has 16 nitrogen and oxygen atoms in total. The number of phosphoric ester groups is 1. The summed E-state index contributed by atoms with van der Waals surface area (Å²) < 4.78 is 59.8. The number of nitrogens with one attached hydrogen (secondary N) is 2. The molecule has 0 bridgehead atoms. The third-order valence-electron chi connectivity index (χ3n) is 6.88. The van der Waals surface area contributed by atoms with Gasteiger partial charge in [0.25, 0.3) is 0 Å². The minimum Gasteiger partial charge on any atom is -0.467 e. The fraction of sp³-hybridized carbons (Fsp3) is 0.469. The standard InChI is InChI=1S/C32H41N2O14P/c1-20(30(39)41-6)45-29-28(46-24(5)38)27(19-42-23(4)37)47-31(32(29,33-21(2)35)34-22(3)36)48-49(40,43-17-25-13-9-7-10-14-25)44-18-26-15-11-8-12-16-26/h7-16,20,27-29,31H,17-19H2,1-6H3,(H,33,35)(H,34,36)/t20-,27-,28-,29+,31-/m1/s1. The number of carbonyl (C=O) groups excluding carboxylic acids is 5. The molecule has 5 atom stereocenters. The number of hydrogen-bond donors (Lipinski definition) is 2. The third kappa shape index (κ3) is 11.4. The van der Waals surface area contributed by atoms with Crippen molar-refractivity contribution in [2.24, 2.45) is 0 Å². The summed E-state index contributed by atoms with van der Waals surface area (Å²) in [6.07, 6.45) is -8.27. The Morgan fingerprint density at radius 1 is 0.837 bits per heavy atom. The molecule has 1 heterocycles. The van der Waals surface area contributed by atoms with Crippen LogP contribution in [0.1, 0.15) is 45.7 Å². The lowest BCUT2D eigenvalue weighted by Gasteiger charge is -2.53. The van der Waals surface area contributed by atoms with Crippen molar-refractivity contribution < 1.29 is 65.8 Å². The van der Waals surface area contributed by atoms with E-state index in [1.54, 1.807) is 60.7 Å². The molecular weight excluding hydrogens is 667 g/mol. The molecule has 2 N–H and O–H groups in total. The Morgan fingerprint density at radius 2 is 1.35 bits per heavy atom. The van der Waals surface area contributed by atoms with Gasteiger partial charge in [-0.3, -0.25) is 32.7 Å². The second-order valence-corrected chi connectivity index (χ2v) is 12.5. The molecule has 49 heavy (non-hydrogen) atoms. The van der Waals surface area contributed by atoms with Crippen LogP contribution in [0.3, 0.4) is 0 Å². The molecule has 2 aromatic rings. The van der Waals surface area contributed by atoms with Crippen LogP contribution in [0.2, 0.25) is 0 Å². The van der Waals surface area contributed by atoms with E-state index in [-0.39, 0.29) is 13.2 Å². The first kappa shape index (κ1) is 39.3. The zero-order chi connectivity index (χ0) is 36.2. The fourth-order valence-corrected chi connectivity index (χ4v) is 6.13. The molecule has 268 valence electrons. The topological polar surface area (TPSA) is 200 Å². The second kappa shape index (κ2) is 18.0. The molecule has 1 fully saturated rings. The Bertz CT molecular complexity index is 1430. The molecule has 0 radical (unpaired) electrons. The lowest BCUT2D eigenvalue weighted by Crippen LogP contribution is -2.81. The molecule has 1 aliphatic heterocycles. The molecular formula is C32H41N2O14P. The van der Waals surface area contributed by atoms with E-state index < -0.39 is 80.5 Å². The summed E-state index contributed by atoms with van der Waals surface area (Å²) >= 11 is 0. The molecule has 17 heteroatoms. The van der Waals surface area contributed by atoms with Gasteiger partial charge in [-0.2, -0.15) is 0 Å². The van der Waals surface area contributed by atoms with E-state index in [4.69, 9.17) is 37.3 Å².